The van der Waals surface area contributed by atoms with Crippen LogP contribution in [0.2, 0.25) is 0 Å². The summed E-state index contributed by atoms with van der Waals surface area (Å²) in [6.45, 7) is 5.49. The quantitative estimate of drug-likeness (QED) is 0.483. The molecule has 0 atom stereocenters. The molecule has 1 aromatic rings. The number of hydrogen-bond acceptors (Lipinski definition) is 4. The number of urea groups is 1. The Kier molecular flexibility index (Phi) is 7.87. The third-order valence-electron chi connectivity index (χ3n) is 5.73. The van der Waals surface area contributed by atoms with Gasteiger partial charge in [-0.1, -0.05) is 0 Å². The van der Waals surface area contributed by atoms with Gasteiger partial charge in [-0.25, -0.2) is 4.79 Å². The molecule has 0 saturated carbocycles. The molecule has 180 valence electrons. The lowest BCUT2D eigenvalue weighted by molar-refractivity contribution is -0.143. The largest absolute Gasteiger partial charge is 0.416 e. The number of likely N-dealkylation sites (tertiary alicyclic amines) is 1. The van der Waals surface area contributed by atoms with E-state index in [0.717, 1.165) is 44.9 Å². The lowest BCUT2D eigenvalue weighted by atomic mass is 10.1. The lowest BCUT2D eigenvalue weighted by Crippen LogP contribution is -2.64. The number of hydrogen-bond donors (Lipinski definition) is 1. The summed E-state index contributed by atoms with van der Waals surface area (Å²) in [5.41, 5.74) is -3.45. The van der Waals surface area contributed by atoms with Crippen LogP contribution in [0.25, 0.3) is 0 Å². The van der Waals surface area contributed by atoms with E-state index < -0.39 is 35.2 Å². The molecule has 0 bridgehead atoms. The maximum Gasteiger partial charge on any atom is 0.416 e. The van der Waals surface area contributed by atoms with Crippen LogP contribution in [0.5, 0.6) is 0 Å². The van der Waals surface area contributed by atoms with Crippen molar-refractivity contribution in [2.75, 3.05) is 63.1 Å². The van der Waals surface area contributed by atoms with Crippen molar-refractivity contribution in [3.63, 3.8) is 0 Å². The van der Waals surface area contributed by atoms with Crippen molar-refractivity contribution in [1.29, 1.82) is 0 Å². The Bertz CT molecular complexity index is 757. The average molecular weight is 485 g/mol. The van der Waals surface area contributed by atoms with Gasteiger partial charge in [0.15, 0.2) is 0 Å². The number of rotatable bonds is 6. The molecule has 0 unspecified atom stereocenters. The Balaban J connectivity index is 1.52. The van der Waals surface area contributed by atoms with Gasteiger partial charge in [0.25, 0.3) is 0 Å². The van der Waals surface area contributed by atoms with E-state index in [1.54, 1.807) is 0 Å². The average Bonchev–Trinajstić information content (AvgIpc) is 2.66. The summed E-state index contributed by atoms with van der Waals surface area (Å²) in [6.07, 6.45) is -6.69. The van der Waals surface area contributed by atoms with Gasteiger partial charge in [-0.2, -0.15) is 38.1 Å². The number of carbonyl (C=O) groups excluding carboxylic acids is 1. The van der Waals surface area contributed by atoms with Crippen LogP contribution in [0.3, 0.4) is 0 Å². The molecule has 1 N–H and O–H groups in total. The van der Waals surface area contributed by atoms with E-state index in [-0.39, 0.29) is 12.1 Å². The first-order valence-electron chi connectivity index (χ1n) is 10.3. The predicted octanol–water partition coefficient (Wildman–Crippen LogP) is 4.31. The zero-order valence-corrected chi connectivity index (χ0v) is 18.4. The molecule has 2 saturated heterocycles. The Hall–Kier alpha value is -1.66. The van der Waals surface area contributed by atoms with Gasteiger partial charge in [-0.3, -0.25) is 4.90 Å². The molecule has 2 heterocycles. The number of nitrogens with one attached hydrogen (secondary N) is 1. The van der Waals surface area contributed by atoms with Crippen LogP contribution in [0.4, 0.5) is 36.8 Å². The topological polar surface area (TPSA) is 38.8 Å². The third kappa shape index (κ3) is 6.44. The van der Waals surface area contributed by atoms with Crippen LogP contribution in [0.15, 0.2) is 18.2 Å². The van der Waals surface area contributed by atoms with Crippen molar-refractivity contribution >= 4 is 23.5 Å². The first-order valence-corrected chi connectivity index (χ1v) is 11.7. The second-order valence-electron chi connectivity index (χ2n) is 8.01. The number of amides is 2. The first-order chi connectivity index (χ1) is 15.0. The molecule has 1 aromatic carbocycles. The second-order valence-corrected chi connectivity index (χ2v) is 8.99. The molecular formula is C20H26F6N4OS. The molecule has 3 rings (SSSR count). The highest BCUT2D eigenvalue weighted by Gasteiger charge is 2.39. The fraction of sp³-hybridized carbons (Fsp3) is 0.650. The number of nitrogens with zero attached hydrogens (tertiary/aromatic N) is 3. The normalized spacial score (nSPS) is 19.2. The summed E-state index contributed by atoms with van der Waals surface area (Å²) >= 11 is 1.82. The standard InChI is InChI=1S/C20H26F6N4OS/c1-32-8-2-3-28-4-6-29(7-5-28)17-12-30(13-17)18(31)27-16-10-14(19(21,22)23)9-15(11-16)20(24,25)26/h9-11,17H,2-8,12-13H2,1H3,(H,27,31). The Morgan fingerprint density at radius 3 is 2.06 bits per heavy atom. The van der Waals surface area contributed by atoms with E-state index >= 15 is 0 Å². The number of benzene rings is 1. The highest BCUT2D eigenvalue weighted by molar-refractivity contribution is 7.98. The zero-order valence-electron chi connectivity index (χ0n) is 17.6. The van der Waals surface area contributed by atoms with Gasteiger partial charge >= 0.3 is 18.4 Å². The molecular weight excluding hydrogens is 458 g/mol. The fourth-order valence-electron chi connectivity index (χ4n) is 3.87. The van der Waals surface area contributed by atoms with Crippen LogP contribution in [-0.4, -0.2) is 84.6 Å². The minimum absolute atomic E-state index is 0.0378. The third-order valence-corrected chi connectivity index (χ3v) is 6.43. The van der Waals surface area contributed by atoms with Gasteiger partial charge in [0.05, 0.1) is 11.1 Å². The molecule has 2 aliphatic rings. The van der Waals surface area contributed by atoms with E-state index in [4.69, 9.17) is 0 Å². The van der Waals surface area contributed by atoms with Gasteiger partial charge in [-0.15, -0.1) is 0 Å². The van der Waals surface area contributed by atoms with Crippen molar-refractivity contribution in [2.45, 2.75) is 24.8 Å². The molecule has 2 fully saturated rings. The molecule has 5 nitrogen and oxygen atoms in total. The van der Waals surface area contributed by atoms with Crippen LogP contribution >= 0.6 is 11.8 Å². The number of thioether (sulfide) groups is 1. The molecule has 2 aliphatic heterocycles. The summed E-state index contributed by atoms with van der Waals surface area (Å²) in [5.74, 6) is 1.13. The predicted molar refractivity (Wildman–Crippen MR) is 112 cm³/mol. The minimum Gasteiger partial charge on any atom is -0.321 e. The van der Waals surface area contributed by atoms with E-state index in [9.17, 15) is 31.1 Å². The van der Waals surface area contributed by atoms with Gasteiger partial charge in [0, 0.05) is 51.0 Å². The smallest absolute Gasteiger partial charge is 0.321 e. The van der Waals surface area contributed by atoms with Crippen molar-refractivity contribution in [3.05, 3.63) is 29.3 Å². The maximum atomic E-state index is 13.0. The minimum atomic E-state index is -4.96. The van der Waals surface area contributed by atoms with Crippen molar-refractivity contribution < 1.29 is 31.1 Å². The van der Waals surface area contributed by atoms with Crippen LogP contribution < -0.4 is 5.32 Å². The highest BCUT2D eigenvalue weighted by Crippen LogP contribution is 2.37. The van der Waals surface area contributed by atoms with E-state index in [2.05, 4.69) is 21.4 Å². The molecule has 0 spiro atoms. The molecule has 0 radical (unpaired) electrons. The lowest BCUT2D eigenvalue weighted by Gasteiger charge is -2.48. The Labute approximate surface area is 187 Å². The fourth-order valence-corrected chi connectivity index (χ4v) is 4.28. The van der Waals surface area contributed by atoms with Crippen LogP contribution in [-0.2, 0) is 12.4 Å². The second kappa shape index (κ2) is 10.1. The summed E-state index contributed by atoms with van der Waals surface area (Å²) in [4.78, 5) is 18.4. The summed E-state index contributed by atoms with van der Waals surface area (Å²) in [5, 5.41) is 2.19. The SMILES string of the molecule is CSCCCN1CCN(C2CN(C(=O)Nc3cc(C(F)(F)F)cc(C(F)(F)F)c3)C2)CC1. The van der Waals surface area contributed by atoms with E-state index in [1.165, 1.54) is 4.90 Å². The van der Waals surface area contributed by atoms with Gasteiger partial charge < -0.3 is 15.1 Å². The van der Waals surface area contributed by atoms with Gasteiger partial charge in [0.1, 0.15) is 0 Å². The zero-order chi connectivity index (χ0) is 23.5. The molecule has 0 aliphatic carbocycles. The van der Waals surface area contributed by atoms with E-state index in [0.29, 0.717) is 25.2 Å². The van der Waals surface area contributed by atoms with Crippen molar-refractivity contribution in [3.8, 4) is 0 Å². The number of alkyl halides is 6. The van der Waals surface area contributed by atoms with Gasteiger partial charge in [0.2, 0.25) is 0 Å². The van der Waals surface area contributed by atoms with E-state index in [1.807, 2.05) is 11.8 Å². The summed E-state index contributed by atoms with van der Waals surface area (Å²) < 4.78 is 77.9. The summed E-state index contributed by atoms with van der Waals surface area (Å²) in [7, 11) is 0. The molecule has 2 amide bonds. The highest BCUT2D eigenvalue weighted by atomic mass is 32.2. The Morgan fingerprint density at radius 2 is 1.56 bits per heavy atom. The maximum absolute atomic E-state index is 13.0. The van der Waals surface area contributed by atoms with Crippen molar-refractivity contribution in [1.82, 2.24) is 14.7 Å². The molecule has 32 heavy (non-hydrogen) atoms. The molecule has 0 aromatic heterocycles. The summed E-state index contributed by atoms with van der Waals surface area (Å²) in [6, 6.07) is 0.517. The molecule has 12 heteroatoms. The number of anilines is 1. The van der Waals surface area contributed by atoms with Crippen LogP contribution in [0.1, 0.15) is 17.5 Å². The number of carbonyl (C=O) groups is 1. The van der Waals surface area contributed by atoms with Gasteiger partial charge in [-0.05, 0) is 43.2 Å². The number of halogens is 6. The number of piperazine rings is 1. The monoisotopic (exact) mass is 484 g/mol. The Morgan fingerprint density at radius 1 is 1.00 bits per heavy atom. The van der Waals surface area contributed by atoms with Crippen molar-refractivity contribution in [2.24, 2.45) is 0 Å². The van der Waals surface area contributed by atoms with Crippen LogP contribution in [0, 0.1) is 0 Å². The first kappa shape index (κ1) is 25.0.